The van der Waals surface area contributed by atoms with E-state index in [4.69, 9.17) is 11.6 Å². The van der Waals surface area contributed by atoms with Crippen LogP contribution in [0.1, 0.15) is 5.56 Å². The van der Waals surface area contributed by atoms with Gasteiger partial charge in [-0.05, 0) is 17.7 Å². The van der Waals surface area contributed by atoms with Crippen LogP contribution in [-0.2, 0) is 16.3 Å². The van der Waals surface area contributed by atoms with Crippen LogP contribution in [-0.4, -0.2) is 13.4 Å². The average molecular weight is 186 g/mol. The molecule has 0 aliphatic carbocycles. The van der Waals surface area contributed by atoms with Gasteiger partial charge in [-0.1, -0.05) is 23.7 Å². The van der Waals surface area contributed by atoms with Gasteiger partial charge < -0.3 is 4.74 Å². The SMILES string of the molecule is COC([O])Cc1cccc(Cl)c1. The van der Waals surface area contributed by atoms with Crippen molar-refractivity contribution >= 4 is 11.6 Å². The van der Waals surface area contributed by atoms with Crippen LogP contribution < -0.4 is 0 Å². The summed E-state index contributed by atoms with van der Waals surface area (Å²) >= 11 is 5.73. The van der Waals surface area contributed by atoms with E-state index in [1.165, 1.54) is 7.11 Å². The van der Waals surface area contributed by atoms with Gasteiger partial charge in [0.2, 0.25) is 0 Å². The third-order valence-electron chi connectivity index (χ3n) is 1.55. The van der Waals surface area contributed by atoms with Crippen molar-refractivity contribution in [3.8, 4) is 0 Å². The fourth-order valence-corrected chi connectivity index (χ4v) is 1.15. The molecule has 0 aromatic heterocycles. The first-order valence-corrected chi connectivity index (χ1v) is 4.03. The molecule has 1 aromatic carbocycles. The van der Waals surface area contributed by atoms with E-state index in [1.807, 2.05) is 12.1 Å². The van der Waals surface area contributed by atoms with Crippen LogP contribution in [0.15, 0.2) is 24.3 Å². The highest BCUT2D eigenvalue weighted by Crippen LogP contribution is 2.12. The van der Waals surface area contributed by atoms with Gasteiger partial charge in [0.05, 0.1) is 0 Å². The largest absolute Gasteiger partial charge is 0.353 e. The van der Waals surface area contributed by atoms with Crippen molar-refractivity contribution in [3.05, 3.63) is 34.9 Å². The molecule has 0 N–H and O–H groups in total. The molecule has 0 heterocycles. The smallest absolute Gasteiger partial charge is 0.195 e. The summed E-state index contributed by atoms with van der Waals surface area (Å²) in [5.74, 6) is 0. The van der Waals surface area contributed by atoms with Crippen molar-refractivity contribution in [1.82, 2.24) is 0 Å². The predicted molar refractivity (Wildman–Crippen MR) is 46.6 cm³/mol. The molecule has 1 rings (SSSR count). The highest BCUT2D eigenvalue weighted by molar-refractivity contribution is 6.30. The Morgan fingerprint density at radius 1 is 1.58 bits per heavy atom. The van der Waals surface area contributed by atoms with Gasteiger partial charge >= 0.3 is 0 Å². The Morgan fingerprint density at radius 2 is 2.33 bits per heavy atom. The molecule has 0 saturated heterocycles. The van der Waals surface area contributed by atoms with Gasteiger partial charge in [0.15, 0.2) is 6.29 Å². The Morgan fingerprint density at radius 3 is 2.92 bits per heavy atom. The molecule has 0 aliphatic heterocycles. The van der Waals surface area contributed by atoms with E-state index in [2.05, 4.69) is 4.74 Å². The first kappa shape index (κ1) is 9.52. The van der Waals surface area contributed by atoms with E-state index in [0.717, 1.165) is 5.56 Å². The van der Waals surface area contributed by atoms with Crippen molar-refractivity contribution < 1.29 is 9.84 Å². The molecule has 1 unspecified atom stereocenters. The second kappa shape index (κ2) is 4.45. The molecule has 0 saturated carbocycles. The van der Waals surface area contributed by atoms with Crippen molar-refractivity contribution in [1.29, 1.82) is 0 Å². The molecule has 1 aromatic rings. The molecule has 12 heavy (non-hydrogen) atoms. The van der Waals surface area contributed by atoms with Gasteiger partial charge in [0.25, 0.3) is 0 Å². The number of hydrogen-bond acceptors (Lipinski definition) is 1. The fraction of sp³-hybridized carbons (Fsp3) is 0.333. The van der Waals surface area contributed by atoms with Crippen molar-refractivity contribution in [2.24, 2.45) is 0 Å². The maximum atomic E-state index is 10.9. The monoisotopic (exact) mass is 185 g/mol. The summed E-state index contributed by atoms with van der Waals surface area (Å²) in [4.78, 5) is 0. The number of rotatable bonds is 3. The molecule has 0 amide bonds. The quantitative estimate of drug-likeness (QED) is 0.665. The summed E-state index contributed by atoms with van der Waals surface area (Å²) < 4.78 is 4.60. The summed E-state index contributed by atoms with van der Waals surface area (Å²) in [6.07, 6.45) is -0.639. The van der Waals surface area contributed by atoms with E-state index in [9.17, 15) is 5.11 Å². The third kappa shape index (κ3) is 2.81. The van der Waals surface area contributed by atoms with Crippen LogP contribution in [0.4, 0.5) is 0 Å². The predicted octanol–water partition coefficient (Wildman–Crippen LogP) is 2.29. The lowest BCUT2D eigenvalue weighted by Crippen LogP contribution is -2.10. The summed E-state index contributed by atoms with van der Waals surface area (Å²) in [7, 11) is 1.40. The first-order valence-electron chi connectivity index (χ1n) is 3.65. The maximum absolute atomic E-state index is 10.9. The zero-order valence-electron chi connectivity index (χ0n) is 6.79. The Labute approximate surface area is 76.7 Å². The highest BCUT2D eigenvalue weighted by atomic mass is 35.5. The molecule has 2 nitrogen and oxygen atoms in total. The Kier molecular flexibility index (Phi) is 3.53. The maximum Gasteiger partial charge on any atom is 0.195 e. The molecule has 0 fully saturated rings. The van der Waals surface area contributed by atoms with Gasteiger partial charge in [0, 0.05) is 18.6 Å². The molecule has 1 radical (unpaired) electrons. The van der Waals surface area contributed by atoms with Gasteiger partial charge in [-0.25, -0.2) is 5.11 Å². The molecule has 0 spiro atoms. The molecule has 1 atom stereocenters. The van der Waals surface area contributed by atoms with Gasteiger partial charge in [-0.15, -0.1) is 0 Å². The van der Waals surface area contributed by atoms with Crippen LogP contribution in [0.2, 0.25) is 5.02 Å². The minimum Gasteiger partial charge on any atom is -0.353 e. The third-order valence-corrected chi connectivity index (χ3v) is 1.79. The Bertz CT molecular complexity index is 250. The van der Waals surface area contributed by atoms with Crippen LogP contribution >= 0.6 is 11.6 Å². The lowest BCUT2D eigenvalue weighted by molar-refractivity contribution is -0.117. The minimum absolute atomic E-state index is 0.358. The lowest BCUT2D eigenvalue weighted by atomic mass is 10.1. The number of halogens is 1. The van der Waals surface area contributed by atoms with Crippen molar-refractivity contribution in [2.75, 3.05) is 7.11 Å². The molecule has 65 valence electrons. The van der Waals surface area contributed by atoms with Crippen LogP contribution in [0.5, 0.6) is 0 Å². The second-order valence-corrected chi connectivity index (χ2v) is 2.94. The minimum atomic E-state index is -0.997. The summed E-state index contributed by atoms with van der Waals surface area (Å²) in [5, 5.41) is 11.6. The van der Waals surface area contributed by atoms with Crippen LogP contribution in [0.3, 0.4) is 0 Å². The zero-order valence-corrected chi connectivity index (χ0v) is 7.54. The average Bonchev–Trinajstić information content (AvgIpc) is 2.04. The number of ether oxygens (including phenoxy) is 1. The number of hydrogen-bond donors (Lipinski definition) is 0. The van der Waals surface area contributed by atoms with Crippen LogP contribution in [0, 0.1) is 0 Å². The van der Waals surface area contributed by atoms with E-state index >= 15 is 0 Å². The normalized spacial score (nSPS) is 12.9. The van der Waals surface area contributed by atoms with E-state index in [1.54, 1.807) is 12.1 Å². The molecule has 0 aliphatic rings. The van der Waals surface area contributed by atoms with Gasteiger partial charge in [-0.3, -0.25) is 0 Å². The Balaban J connectivity index is 2.63. The van der Waals surface area contributed by atoms with E-state index < -0.39 is 6.29 Å². The van der Waals surface area contributed by atoms with E-state index in [-0.39, 0.29) is 0 Å². The molecular weight excluding hydrogens is 176 g/mol. The topological polar surface area (TPSA) is 29.1 Å². The second-order valence-electron chi connectivity index (χ2n) is 2.50. The molecule has 0 bridgehead atoms. The first-order chi connectivity index (χ1) is 5.72. The highest BCUT2D eigenvalue weighted by Gasteiger charge is 2.04. The van der Waals surface area contributed by atoms with Crippen LogP contribution in [0.25, 0.3) is 0 Å². The Hall–Kier alpha value is -0.570. The summed E-state index contributed by atoms with van der Waals surface area (Å²) in [6, 6.07) is 7.22. The molecular formula is C9H10ClO2. The molecule has 3 heteroatoms. The summed E-state index contributed by atoms with van der Waals surface area (Å²) in [5.41, 5.74) is 0.907. The lowest BCUT2D eigenvalue weighted by Gasteiger charge is -2.05. The number of methoxy groups -OCH3 is 1. The number of benzene rings is 1. The standard InChI is InChI=1S/C9H10ClO2/c1-12-9(11)6-7-3-2-4-8(10)5-7/h2-5,9H,6H2,1H3. The van der Waals surface area contributed by atoms with Gasteiger partial charge in [0.1, 0.15) is 0 Å². The van der Waals surface area contributed by atoms with Crippen molar-refractivity contribution in [3.63, 3.8) is 0 Å². The van der Waals surface area contributed by atoms with E-state index in [0.29, 0.717) is 11.4 Å². The van der Waals surface area contributed by atoms with Gasteiger partial charge in [-0.2, -0.15) is 0 Å². The zero-order chi connectivity index (χ0) is 8.97. The summed E-state index contributed by atoms with van der Waals surface area (Å²) in [6.45, 7) is 0. The van der Waals surface area contributed by atoms with Crippen molar-refractivity contribution in [2.45, 2.75) is 12.7 Å². The fourth-order valence-electron chi connectivity index (χ4n) is 0.940.